The summed E-state index contributed by atoms with van der Waals surface area (Å²) in [6.07, 6.45) is 0.142. The number of aromatic nitrogens is 1. The van der Waals surface area contributed by atoms with Gasteiger partial charge in [-0.1, -0.05) is 0 Å². The fourth-order valence-corrected chi connectivity index (χ4v) is 2.49. The molecule has 1 rings (SSSR count). The summed E-state index contributed by atoms with van der Waals surface area (Å²) in [6.45, 7) is 2.22. The molecule has 0 unspecified atom stereocenters. The lowest BCUT2D eigenvalue weighted by Crippen LogP contribution is -2.40. The Kier molecular flexibility index (Phi) is 8.90. The van der Waals surface area contributed by atoms with Crippen molar-refractivity contribution in [3.63, 3.8) is 0 Å². The zero-order valence-electron chi connectivity index (χ0n) is 13.3. The van der Waals surface area contributed by atoms with Crippen LogP contribution in [0.3, 0.4) is 0 Å². The fraction of sp³-hybridized carbons (Fsp3) is 0.571. The van der Waals surface area contributed by atoms with Gasteiger partial charge in [-0.3, -0.25) is 14.4 Å². The van der Waals surface area contributed by atoms with Crippen molar-refractivity contribution in [2.24, 2.45) is 0 Å². The summed E-state index contributed by atoms with van der Waals surface area (Å²) in [5.41, 5.74) is 0.476. The van der Waals surface area contributed by atoms with Gasteiger partial charge in [-0.25, -0.2) is 4.98 Å². The molecule has 0 spiro atoms. The minimum atomic E-state index is -1.15. The summed E-state index contributed by atoms with van der Waals surface area (Å²) >= 11 is 1.14. The van der Waals surface area contributed by atoms with Crippen LogP contribution in [0.15, 0.2) is 5.38 Å². The number of carbonyl (C=O) groups is 3. The first-order valence-electron chi connectivity index (χ1n) is 7.43. The molecule has 0 fully saturated rings. The first-order valence-corrected chi connectivity index (χ1v) is 8.31. The summed E-state index contributed by atoms with van der Waals surface area (Å²) in [4.78, 5) is 38.4. The normalized spacial score (nSPS) is 11.8. The van der Waals surface area contributed by atoms with E-state index in [0.29, 0.717) is 23.8 Å². The monoisotopic (exact) mass is 359 g/mol. The Morgan fingerprint density at radius 3 is 2.79 bits per heavy atom. The standard InChI is InChI=1S/C14H21N3O6S/c1-2-23-12(20)6-9-8-24-14(16-9)17-11(19)7-10(13(21)22)15-4-3-5-18/h8,10,15,18H,2-7H2,1H3,(H,21,22)(H,16,17,19)/t10-/m1/s1. The van der Waals surface area contributed by atoms with Crippen LogP contribution in [-0.4, -0.2) is 58.8 Å². The molecule has 1 atom stereocenters. The van der Waals surface area contributed by atoms with Crippen LogP contribution in [0.25, 0.3) is 0 Å². The molecule has 1 heterocycles. The number of thiazole rings is 1. The van der Waals surface area contributed by atoms with Gasteiger partial charge < -0.3 is 25.6 Å². The SMILES string of the molecule is CCOC(=O)Cc1csc(NC(=O)C[C@@H](NCCCO)C(=O)O)n1. The molecule has 4 N–H and O–H groups in total. The van der Waals surface area contributed by atoms with Gasteiger partial charge in [0.15, 0.2) is 5.13 Å². The van der Waals surface area contributed by atoms with E-state index in [1.54, 1.807) is 12.3 Å². The number of nitrogens with one attached hydrogen (secondary N) is 2. The first-order chi connectivity index (χ1) is 11.5. The number of carboxylic acid groups (broad SMARTS) is 1. The number of hydrogen-bond donors (Lipinski definition) is 4. The number of ether oxygens (including phenoxy) is 1. The molecule has 0 aliphatic rings. The summed E-state index contributed by atoms with van der Waals surface area (Å²) < 4.78 is 4.81. The summed E-state index contributed by atoms with van der Waals surface area (Å²) in [7, 11) is 0. The Bertz CT molecular complexity index is 562. The average Bonchev–Trinajstić information content (AvgIpc) is 2.93. The zero-order chi connectivity index (χ0) is 17.9. The van der Waals surface area contributed by atoms with E-state index in [-0.39, 0.29) is 26.1 Å². The van der Waals surface area contributed by atoms with Crippen molar-refractivity contribution >= 4 is 34.3 Å². The Morgan fingerprint density at radius 1 is 1.42 bits per heavy atom. The van der Waals surface area contributed by atoms with Gasteiger partial charge in [-0.15, -0.1) is 11.3 Å². The van der Waals surface area contributed by atoms with Crippen LogP contribution in [0.2, 0.25) is 0 Å². The highest BCUT2D eigenvalue weighted by molar-refractivity contribution is 7.13. The minimum Gasteiger partial charge on any atom is -0.480 e. The highest BCUT2D eigenvalue weighted by Crippen LogP contribution is 2.16. The molecule has 134 valence electrons. The number of amides is 1. The van der Waals surface area contributed by atoms with Gasteiger partial charge in [0.25, 0.3) is 0 Å². The lowest BCUT2D eigenvalue weighted by Gasteiger charge is -2.13. The van der Waals surface area contributed by atoms with E-state index in [1.807, 2.05) is 0 Å². The number of carbonyl (C=O) groups excluding carboxylic acids is 2. The maximum absolute atomic E-state index is 11.9. The molecule has 9 nitrogen and oxygen atoms in total. The first kappa shape index (κ1) is 20.0. The summed E-state index contributed by atoms with van der Waals surface area (Å²) in [5, 5.41) is 24.9. The lowest BCUT2D eigenvalue weighted by molar-refractivity contribution is -0.142. The summed E-state index contributed by atoms with van der Waals surface area (Å²) in [5.74, 6) is -2.05. The Balaban J connectivity index is 2.49. The number of esters is 1. The molecule has 0 radical (unpaired) electrons. The van der Waals surface area contributed by atoms with E-state index in [1.165, 1.54) is 0 Å². The Morgan fingerprint density at radius 2 is 2.17 bits per heavy atom. The van der Waals surface area contributed by atoms with Gasteiger partial charge in [0.2, 0.25) is 5.91 Å². The van der Waals surface area contributed by atoms with Crippen LogP contribution < -0.4 is 10.6 Å². The third kappa shape index (κ3) is 7.49. The van der Waals surface area contributed by atoms with Gasteiger partial charge in [0.1, 0.15) is 6.04 Å². The molecule has 1 amide bonds. The van der Waals surface area contributed by atoms with Gasteiger partial charge in [-0.05, 0) is 19.9 Å². The van der Waals surface area contributed by atoms with E-state index in [2.05, 4.69) is 15.6 Å². The average molecular weight is 359 g/mol. The predicted molar refractivity (Wildman–Crippen MR) is 86.8 cm³/mol. The van der Waals surface area contributed by atoms with Crippen LogP contribution in [0.4, 0.5) is 5.13 Å². The molecule has 0 saturated carbocycles. The molecule has 1 aromatic rings. The van der Waals surface area contributed by atoms with Crippen molar-refractivity contribution in [1.82, 2.24) is 10.3 Å². The van der Waals surface area contributed by atoms with Gasteiger partial charge in [0, 0.05) is 12.0 Å². The number of rotatable bonds is 11. The van der Waals surface area contributed by atoms with Crippen LogP contribution in [0, 0.1) is 0 Å². The molecule has 0 aliphatic heterocycles. The van der Waals surface area contributed by atoms with E-state index in [0.717, 1.165) is 11.3 Å². The van der Waals surface area contributed by atoms with Crippen molar-refractivity contribution < 1.29 is 29.3 Å². The lowest BCUT2D eigenvalue weighted by atomic mass is 10.2. The third-order valence-electron chi connectivity index (χ3n) is 2.84. The van der Waals surface area contributed by atoms with Gasteiger partial charge in [0.05, 0.1) is 25.1 Å². The van der Waals surface area contributed by atoms with Crippen LogP contribution in [-0.2, 0) is 25.5 Å². The van der Waals surface area contributed by atoms with E-state index in [9.17, 15) is 14.4 Å². The quantitative estimate of drug-likeness (QED) is 0.320. The topological polar surface area (TPSA) is 138 Å². The molecule has 0 saturated heterocycles. The largest absolute Gasteiger partial charge is 0.480 e. The second kappa shape index (κ2) is 10.7. The van der Waals surface area contributed by atoms with Crippen molar-refractivity contribution in [2.45, 2.75) is 32.2 Å². The highest BCUT2D eigenvalue weighted by atomic mass is 32.1. The smallest absolute Gasteiger partial charge is 0.321 e. The zero-order valence-corrected chi connectivity index (χ0v) is 14.1. The molecule has 0 aliphatic carbocycles. The number of anilines is 1. The van der Waals surface area contributed by atoms with Crippen molar-refractivity contribution in [2.75, 3.05) is 25.1 Å². The van der Waals surface area contributed by atoms with E-state index in [4.69, 9.17) is 14.9 Å². The van der Waals surface area contributed by atoms with Crippen LogP contribution >= 0.6 is 11.3 Å². The highest BCUT2D eigenvalue weighted by Gasteiger charge is 2.21. The van der Waals surface area contributed by atoms with Gasteiger partial charge in [-0.2, -0.15) is 0 Å². The third-order valence-corrected chi connectivity index (χ3v) is 3.65. The van der Waals surface area contributed by atoms with Crippen molar-refractivity contribution in [3.8, 4) is 0 Å². The van der Waals surface area contributed by atoms with Crippen molar-refractivity contribution in [3.05, 3.63) is 11.1 Å². The van der Waals surface area contributed by atoms with Crippen LogP contribution in [0.5, 0.6) is 0 Å². The molecular formula is C14H21N3O6S. The molecular weight excluding hydrogens is 338 g/mol. The minimum absolute atomic E-state index is 0.0146. The van der Waals surface area contributed by atoms with Crippen LogP contribution in [0.1, 0.15) is 25.5 Å². The number of aliphatic hydroxyl groups excluding tert-OH is 1. The maximum atomic E-state index is 11.9. The second-order valence-electron chi connectivity index (χ2n) is 4.80. The number of carboxylic acids is 1. The fourth-order valence-electron chi connectivity index (χ4n) is 1.76. The Hall–Kier alpha value is -2.04. The van der Waals surface area contributed by atoms with Crippen molar-refractivity contribution in [1.29, 1.82) is 0 Å². The summed E-state index contributed by atoms with van der Waals surface area (Å²) in [6, 6.07) is -1.05. The predicted octanol–water partition coefficient (Wildman–Crippen LogP) is 0.00250. The number of aliphatic hydroxyl groups is 1. The Labute approximate surface area is 143 Å². The molecule has 24 heavy (non-hydrogen) atoms. The number of hydrogen-bond acceptors (Lipinski definition) is 8. The maximum Gasteiger partial charge on any atom is 0.321 e. The second-order valence-corrected chi connectivity index (χ2v) is 5.66. The van der Waals surface area contributed by atoms with E-state index < -0.39 is 23.9 Å². The van der Waals surface area contributed by atoms with E-state index >= 15 is 0 Å². The number of nitrogens with zero attached hydrogens (tertiary/aromatic N) is 1. The molecule has 10 heteroatoms. The number of aliphatic carboxylic acids is 1. The molecule has 1 aromatic heterocycles. The molecule has 0 aromatic carbocycles. The van der Waals surface area contributed by atoms with Gasteiger partial charge >= 0.3 is 11.9 Å². The molecule has 0 bridgehead atoms.